The molecule has 0 amide bonds. The van der Waals surface area contributed by atoms with Crippen LogP contribution in [0, 0.1) is 0 Å². The molecule has 0 saturated carbocycles. The number of ether oxygens (including phenoxy) is 2. The maximum atomic E-state index is 13.3. The fraction of sp³-hybridized carbons (Fsp3) is 0. The number of ketones is 1. The number of rotatable bonds is 10. The molecule has 4 N–H and O–H groups in total. The van der Waals surface area contributed by atoms with Crippen LogP contribution in [0.3, 0.4) is 0 Å². The van der Waals surface area contributed by atoms with Gasteiger partial charge in [0, 0.05) is 11.6 Å². The molecule has 4 aromatic carbocycles. The van der Waals surface area contributed by atoms with Crippen molar-refractivity contribution < 1.29 is 53.9 Å². The van der Waals surface area contributed by atoms with Gasteiger partial charge in [-0.15, -0.1) is 0 Å². The summed E-state index contributed by atoms with van der Waals surface area (Å²) in [5.41, 5.74) is -1.80. The fourth-order valence-electron chi connectivity index (χ4n) is 3.80. The van der Waals surface area contributed by atoms with E-state index >= 15 is 0 Å². The van der Waals surface area contributed by atoms with Crippen molar-refractivity contribution in [2.24, 2.45) is 0 Å². The molecule has 0 heterocycles. The summed E-state index contributed by atoms with van der Waals surface area (Å²) in [5.74, 6) is -7.03. The first kappa shape index (κ1) is 27.1. The summed E-state index contributed by atoms with van der Waals surface area (Å²) in [5, 5.41) is 37.7. The molecule has 200 valence electrons. The number of carbonyl (C=O) groups is 5. The molecule has 0 fully saturated rings. The lowest BCUT2D eigenvalue weighted by molar-refractivity contribution is 0.0649. The highest BCUT2D eigenvalue weighted by atomic mass is 16.5. The average Bonchev–Trinajstić information content (AvgIpc) is 2.93. The first-order valence-corrected chi connectivity index (χ1v) is 11.4. The second-order valence-electron chi connectivity index (χ2n) is 8.16. The van der Waals surface area contributed by atoms with Gasteiger partial charge in [0.15, 0.2) is 5.78 Å². The van der Waals surface area contributed by atoms with Crippen LogP contribution in [-0.4, -0.2) is 50.1 Å². The maximum Gasteiger partial charge on any atom is 0.340 e. The van der Waals surface area contributed by atoms with Gasteiger partial charge in [0.05, 0.1) is 22.3 Å². The molecule has 4 aromatic rings. The van der Waals surface area contributed by atoms with Gasteiger partial charge in [-0.2, -0.15) is 0 Å². The average molecular weight is 542 g/mol. The molecule has 0 saturated heterocycles. The Morgan fingerprint density at radius 3 is 1.65 bits per heavy atom. The molecule has 0 aromatic heterocycles. The van der Waals surface area contributed by atoms with E-state index < -0.39 is 51.9 Å². The Hall–Kier alpha value is -5.97. The van der Waals surface area contributed by atoms with E-state index in [0.717, 1.165) is 18.2 Å². The molecule has 0 atom stereocenters. The third-order valence-corrected chi connectivity index (χ3v) is 5.61. The second kappa shape index (κ2) is 11.2. The molecular weight excluding hydrogens is 524 g/mol. The van der Waals surface area contributed by atoms with E-state index in [-0.39, 0.29) is 28.6 Å². The molecule has 0 aliphatic heterocycles. The van der Waals surface area contributed by atoms with Crippen molar-refractivity contribution in [2.45, 2.75) is 0 Å². The maximum absolute atomic E-state index is 13.3. The van der Waals surface area contributed by atoms with Gasteiger partial charge in [-0.25, -0.2) is 19.2 Å². The van der Waals surface area contributed by atoms with Crippen molar-refractivity contribution >= 4 is 29.7 Å². The molecule has 0 radical (unpaired) electrons. The van der Waals surface area contributed by atoms with Crippen LogP contribution in [0.15, 0.2) is 84.9 Å². The van der Waals surface area contributed by atoms with Gasteiger partial charge < -0.3 is 29.9 Å². The summed E-state index contributed by atoms with van der Waals surface area (Å²) < 4.78 is 11.5. The van der Waals surface area contributed by atoms with Crippen LogP contribution < -0.4 is 9.47 Å². The molecule has 0 spiro atoms. The number of benzene rings is 4. The standard InChI is InChI=1S/C29H18O11/c30-25(15-5-2-1-3-6-15)19-12-10-17(39-22-8-4-7-20(27(33)34)24(22)29(37)38)14-23(19)40-16-9-11-18(26(31)32)21(13-16)28(35)36/h1-14H,(H,31,32)(H,33,34)(H,35,36)(H,37,38). The van der Waals surface area contributed by atoms with E-state index in [9.17, 15) is 44.4 Å². The van der Waals surface area contributed by atoms with Crippen LogP contribution in [0.25, 0.3) is 0 Å². The minimum absolute atomic E-state index is 0.0236. The molecule has 11 nitrogen and oxygen atoms in total. The summed E-state index contributed by atoms with van der Waals surface area (Å²) in [4.78, 5) is 59.6. The highest BCUT2D eigenvalue weighted by Gasteiger charge is 2.23. The molecular formula is C29H18O11. The Labute approximate surface area is 225 Å². The number of hydrogen-bond donors (Lipinski definition) is 4. The minimum atomic E-state index is -1.54. The molecule has 11 heteroatoms. The molecule has 0 bridgehead atoms. The SMILES string of the molecule is O=C(c1ccccc1)c1ccc(Oc2cccc(C(=O)O)c2C(=O)O)cc1Oc1ccc(C(=O)O)c(C(=O)O)c1. The molecule has 0 aliphatic carbocycles. The molecule has 0 unspecified atom stereocenters. The zero-order chi connectivity index (χ0) is 29.0. The number of carbonyl (C=O) groups excluding carboxylic acids is 1. The van der Waals surface area contributed by atoms with Gasteiger partial charge in [0.25, 0.3) is 0 Å². The Balaban J connectivity index is 1.81. The summed E-state index contributed by atoms with van der Waals surface area (Å²) in [6.07, 6.45) is 0. The van der Waals surface area contributed by atoms with E-state index in [0.29, 0.717) is 5.56 Å². The Kier molecular flexibility index (Phi) is 7.57. The second-order valence-corrected chi connectivity index (χ2v) is 8.16. The van der Waals surface area contributed by atoms with Crippen LogP contribution in [0.5, 0.6) is 23.0 Å². The van der Waals surface area contributed by atoms with Crippen LogP contribution in [0.1, 0.15) is 57.4 Å². The largest absolute Gasteiger partial charge is 0.478 e. The van der Waals surface area contributed by atoms with E-state index in [1.807, 2.05) is 0 Å². The van der Waals surface area contributed by atoms with E-state index in [2.05, 4.69) is 0 Å². The Morgan fingerprint density at radius 2 is 1.05 bits per heavy atom. The van der Waals surface area contributed by atoms with Gasteiger partial charge in [-0.3, -0.25) is 4.79 Å². The van der Waals surface area contributed by atoms with Gasteiger partial charge in [0.2, 0.25) is 0 Å². The van der Waals surface area contributed by atoms with Gasteiger partial charge >= 0.3 is 23.9 Å². The third-order valence-electron chi connectivity index (χ3n) is 5.61. The quantitative estimate of drug-likeness (QED) is 0.191. The topological polar surface area (TPSA) is 185 Å². The predicted molar refractivity (Wildman–Crippen MR) is 137 cm³/mol. The lowest BCUT2D eigenvalue weighted by Crippen LogP contribution is -2.10. The van der Waals surface area contributed by atoms with Crippen molar-refractivity contribution in [3.05, 3.63) is 118 Å². The Morgan fingerprint density at radius 1 is 0.475 bits per heavy atom. The highest BCUT2D eigenvalue weighted by molar-refractivity contribution is 6.11. The van der Waals surface area contributed by atoms with Crippen LogP contribution in [-0.2, 0) is 0 Å². The van der Waals surface area contributed by atoms with Crippen molar-refractivity contribution in [1.29, 1.82) is 0 Å². The van der Waals surface area contributed by atoms with Gasteiger partial charge in [-0.1, -0.05) is 36.4 Å². The van der Waals surface area contributed by atoms with E-state index in [4.69, 9.17) is 9.47 Å². The fourth-order valence-corrected chi connectivity index (χ4v) is 3.80. The number of carboxylic acid groups (broad SMARTS) is 4. The normalized spacial score (nSPS) is 10.4. The van der Waals surface area contributed by atoms with Crippen molar-refractivity contribution in [1.82, 2.24) is 0 Å². The van der Waals surface area contributed by atoms with Gasteiger partial charge in [-0.05, 0) is 42.5 Å². The van der Waals surface area contributed by atoms with Crippen LogP contribution >= 0.6 is 0 Å². The lowest BCUT2D eigenvalue weighted by atomic mass is 10.0. The zero-order valence-corrected chi connectivity index (χ0v) is 20.2. The summed E-state index contributed by atoms with van der Waals surface area (Å²) in [7, 11) is 0. The zero-order valence-electron chi connectivity index (χ0n) is 20.2. The van der Waals surface area contributed by atoms with Gasteiger partial charge in [0.1, 0.15) is 28.6 Å². The number of hydrogen-bond acceptors (Lipinski definition) is 7. The smallest absolute Gasteiger partial charge is 0.340 e. The molecule has 4 rings (SSSR count). The van der Waals surface area contributed by atoms with Crippen molar-refractivity contribution in [3.63, 3.8) is 0 Å². The third kappa shape index (κ3) is 5.63. The summed E-state index contributed by atoms with van der Waals surface area (Å²) in [6.45, 7) is 0. The minimum Gasteiger partial charge on any atom is -0.478 e. The van der Waals surface area contributed by atoms with Crippen LogP contribution in [0.4, 0.5) is 0 Å². The molecule has 0 aliphatic rings. The predicted octanol–water partition coefficient (Wildman–Crippen LogP) is 5.30. The number of carboxylic acids is 4. The first-order valence-electron chi connectivity index (χ1n) is 11.4. The first-order chi connectivity index (χ1) is 19.1. The Bertz CT molecular complexity index is 1670. The summed E-state index contributed by atoms with van der Waals surface area (Å²) >= 11 is 0. The number of aromatic carboxylic acids is 4. The summed E-state index contributed by atoms with van der Waals surface area (Å²) in [6, 6.07) is 19.0. The van der Waals surface area contributed by atoms with Crippen LogP contribution in [0.2, 0.25) is 0 Å². The van der Waals surface area contributed by atoms with Crippen molar-refractivity contribution in [3.8, 4) is 23.0 Å². The molecule has 40 heavy (non-hydrogen) atoms. The van der Waals surface area contributed by atoms with E-state index in [1.165, 1.54) is 36.4 Å². The monoisotopic (exact) mass is 542 g/mol. The van der Waals surface area contributed by atoms with E-state index in [1.54, 1.807) is 30.3 Å². The lowest BCUT2D eigenvalue weighted by Gasteiger charge is -2.15. The van der Waals surface area contributed by atoms with Crippen molar-refractivity contribution in [2.75, 3.05) is 0 Å². The highest BCUT2D eigenvalue weighted by Crippen LogP contribution is 2.35.